The van der Waals surface area contributed by atoms with Crippen LogP contribution in [-0.4, -0.2) is 49.9 Å². The highest BCUT2D eigenvalue weighted by molar-refractivity contribution is 7.99. The molecule has 1 aliphatic rings. The van der Waals surface area contributed by atoms with Gasteiger partial charge in [-0.3, -0.25) is 9.69 Å². The molecule has 1 aromatic heterocycles. The Kier molecular flexibility index (Phi) is 5.98. The summed E-state index contributed by atoms with van der Waals surface area (Å²) in [7, 11) is 0. The predicted octanol–water partition coefficient (Wildman–Crippen LogP) is 2.99. The molecule has 0 unspecified atom stereocenters. The number of benzene rings is 2. The minimum atomic E-state index is -0.0834. The number of thioether (sulfide) groups is 1. The number of rotatable bonds is 7. The van der Waals surface area contributed by atoms with Crippen LogP contribution in [-0.2, 0) is 11.3 Å². The van der Waals surface area contributed by atoms with Crippen molar-refractivity contribution in [1.29, 1.82) is 0 Å². The van der Waals surface area contributed by atoms with Crippen LogP contribution < -0.4 is 5.32 Å². The largest absolute Gasteiger partial charge is 0.325 e. The number of anilines is 1. The number of amides is 1. The van der Waals surface area contributed by atoms with Crippen molar-refractivity contribution in [1.82, 2.24) is 25.1 Å². The lowest BCUT2D eigenvalue weighted by Crippen LogP contribution is -2.18. The first-order valence-corrected chi connectivity index (χ1v) is 10.3. The Hall–Kier alpha value is -2.71. The summed E-state index contributed by atoms with van der Waals surface area (Å²) in [6.07, 6.45) is 2.58. The van der Waals surface area contributed by atoms with Crippen LogP contribution >= 0.6 is 11.8 Å². The summed E-state index contributed by atoms with van der Waals surface area (Å²) in [5.74, 6) is 0.155. The Morgan fingerprint density at radius 1 is 1.04 bits per heavy atom. The zero-order chi connectivity index (χ0) is 19.2. The molecular formula is C20H22N6OS. The van der Waals surface area contributed by atoms with Gasteiger partial charge in [0.1, 0.15) is 0 Å². The van der Waals surface area contributed by atoms with Crippen LogP contribution in [0.15, 0.2) is 59.8 Å². The quantitative estimate of drug-likeness (QED) is 0.621. The van der Waals surface area contributed by atoms with Gasteiger partial charge in [0.05, 0.1) is 11.4 Å². The molecule has 1 amide bonds. The van der Waals surface area contributed by atoms with Gasteiger partial charge in [0.15, 0.2) is 0 Å². The zero-order valence-corrected chi connectivity index (χ0v) is 16.3. The van der Waals surface area contributed by atoms with Gasteiger partial charge in [-0.1, -0.05) is 42.1 Å². The summed E-state index contributed by atoms with van der Waals surface area (Å²) >= 11 is 1.31. The lowest BCUT2D eigenvalue weighted by atomic mass is 10.2. The van der Waals surface area contributed by atoms with E-state index in [1.807, 2.05) is 42.5 Å². The van der Waals surface area contributed by atoms with Gasteiger partial charge in [-0.15, -0.1) is 5.10 Å². The molecule has 4 rings (SSSR count). The number of hydrogen-bond acceptors (Lipinski definition) is 6. The number of para-hydroxylation sites is 1. The third kappa shape index (κ3) is 4.76. The van der Waals surface area contributed by atoms with E-state index in [4.69, 9.17) is 0 Å². The number of aromatic nitrogens is 4. The van der Waals surface area contributed by atoms with Gasteiger partial charge in [-0.25, -0.2) is 0 Å². The molecule has 1 N–H and O–H groups in total. The van der Waals surface area contributed by atoms with E-state index in [1.54, 1.807) is 4.68 Å². The second-order valence-electron chi connectivity index (χ2n) is 6.73. The number of likely N-dealkylation sites (tertiary alicyclic amines) is 1. The zero-order valence-electron chi connectivity index (χ0n) is 15.5. The van der Waals surface area contributed by atoms with E-state index in [0.717, 1.165) is 17.9 Å². The Labute approximate surface area is 168 Å². The molecule has 0 atom stereocenters. The van der Waals surface area contributed by atoms with Gasteiger partial charge in [0.25, 0.3) is 0 Å². The molecule has 0 spiro atoms. The van der Waals surface area contributed by atoms with Gasteiger partial charge in [-0.2, -0.15) is 4.68 Å². The van der Waals surface area contributed by atoms with Crippen molar-refractivity contribution in [2.45, 2.75) is 24.5 Å². The summed E-state index contributed by atoms with van der Waals surface area (Å²) < 4.78 is 1.63. The fourth-order valence-corrected chi connectivity index (χ4v) is 3.91. The fraction of sp³-hybridized carbons (Fsp3) is 0.300. The van der Waals surface area contributed by atoms with Crippen LogP contribution in [0, 0.1) is 0 Å². The lowest BCUT2D eigenvalue weighted by Gasteiger charge is -2.14. The van der Waals surface area contributed by atoms with Crippen LogP contribution in [0.1, 0.15) is 18.4 Å². The Balaban J connectivity index is 1.30. The van der Waals surface area contributed by atoms with Crippen molar-refractivity contribution in [2.24, 2.45) is 0 Å². The van der Waals surface area contributed by atoms with E-state index in [1.165, 1.54) is 43.3 Å². The highest BCUT2D eigenvalue weighted by Gasteiger charge is 2.13. The van der Waals surface area contributed by atoms with Crippen molar-refractivity contribution < 1.29 is 4.79 Å². The van der Waals surface area contributed by atoms with Crippen LogP contribution in [0.4, 0.5) is 5.69 Å². The first-order chi connectivity index (χ1) is 13.8. The molecule has 3 aromatic rings. The number of tetrazole rings is 1. The summed E-state index contributed by atoms with van der Waals surface area (Å²) in [5.41, 5.74) is 2.94. The topological polar surface area (TPSA) is 75.9 Å². The molecule has 0 radical (unpaired) electrons. The van der Waals surface area contributed by atoms with Crippen molar-refractivity contribution in [3.8, 4) is 5.69 Å². The lowest BCUT2D eigenvalue weighted by molar-refractivity contribution is -0.113. The summed E-state index contributed by atoms with van der Waals surface area (Å²) in [5, 5.41) is 15.2. The third-order valence-electron chi connectivity index (χ3n) is 4.62. The van der Waals surface area contributed by atoms with Crippen LogP contribution in [0.3, 0.4) is 0 Å². The fourth-order valence-electron chi connectivity index (χ4n) is 3.22. The Morgan fingerprint density at radius 2 is 1.79 bits per heavy atom. The maximum atomic E-state index is 12.3. The SMILES string of the molecule is O=C(CSc1nnnn1-c1ccccc1)Nc1ccc(CN2CCCC2)cc1. The highest BCUT2D eigenvalue weighted by Crippen LogP contribution is 2.19. The van der Waals surface area contributed by atoms with Crippen molar-refractivity contribution in [3.05, 3.63) is 60.2 Å². The van der Waals surface area contributed by atoms with Gasteiger partial charge in [0.2, 0.25) is 11.1 Å². The normalized spacial score (nSPS) is 14.3. The predicted molar refractivity (Wildman–Crippen MR) is 109 cm³/mol. The van der Waals surface area contributed by atoms with Gasteiger partial charge >= 0.3 is 0 Å². The highest BCUT2D eigenvalue weighted by atomic mass is 32.2. The molecule has 144 valence electrons. The van der Waals surface area contributed by atoms with Gasteiger partial charge in [0, 0.05) is 12.2 Å². The molecule has 2 aromatic carbocycles. The van der Waals surface area contributed by atoms with E-state index in [0.29, 0.717) is 5.16 Å². The number of nitrogens with one attached hydrogen (secondary N) is 1. The van der Waals surface area contributed by atoms with E-state index in [2.05, 4.69) is 37.9 Å². The average molecular weight is 395 g/mol. The maximum absolute atomic E-state index is 12.3. The standard InChI is InChI=1S/C20H22N6OS/c27-19(15-28-20-22-23-24-26(20)18-6-2-1-3-7-18)21-17-10-8-16(9-11-17)14-25-12-4-5-13-25/h1-3,6-11H,4-5,12-15H2,(H,21,27). The minimum Gasteiger partial charge on any atom is -0.325 e. The summed E-state index contributed by atoms with van der Waals surface area (Å²) in [6, 6.07) is 17.7. The molecule has 8 heteroatoms. The van der Waals surface area contributed by atoms with E-state index in [-0.39, 0.29) is 11.7 Å². The van der Waals surface area contributed by atoms with Crippen molar-refractivity contribution >= 4 is 23.4 Å². The maximum Gasteiger partial charge on any atom is 0.234 e. The number of nitrogens with zero attached hydrogens (tertiary/aromatic N) is 5. The molecular weight excluding hydrogens is 372 g/mol. The van der Waals surface area contributed by atoms with E-state index in [9.17, 15) is 4.79 Å². The first-order valence-electron chi connectivity index (χ1n) is 9.36. The van der Waals surface area contributed by atoms with E-state index < -0.39 is 0 Å². The van der Waals surface area contributed by atoms with Crippen molar-refractivity contribution in [3.63, 3.8) is 0 Å². The monoisotopic (exact) mass is 394 g/mol. The molecule has 2 heterocycles. The minimum absolute atomic E-state index is 0.0834. The number of carbonyl (C=O) groups excluding carboxylic acids is 1. The second kappa shape index (κ2) is 8.99. The molecule has 1 saturated heterocycles. The van der Waals surface area contributed by atoms with Crippen LogP contribution in [0.25, 0.3) is 5.69 Å². The smallest absolute Gasteiger partial charge is 0.234 e. The molecule has 1 aliphatic heterocycles. The van der Waals surface area contributed by atoms with Crippen LogP contribution in [0.2, 0.25) is 0 Å². The molecule has 7 nitrogen and oxygen atoms in total. The van der Waals surface area contributed by atoms with Gasteiger partial charge in [-0.05, 0) is 66.2 Å². The summed E-state index contributed by atoms with van der Waals surface area (Å²) in [4.78, 5) is 14.8. The van der Waals surface area contributed by atoms with Crippen LogP contribution in [0.5, 0.6) is 0 Å². The van der Waals surface area contributed by atoms with Crippen molar-refractivity contribution in [2.75, 3.05) is 24.2 Å². The molecule has 0 aliphatic carbocycles. The second-order valence-corrected chi connectivity index (χ2v) is 7.67. The molecule has 1 fully saturated rings. The molecule has 0 saturated carbocycles. The molecule has 0 bridgehead atoms. The third-order valence-corrected chi connectivity index (χ3v) is 5.54. The summed E-state index contributed by atoms with van der Waals surface area (Å²) in [6.45, 7) is 3.34. The Morgan fingerprint density at radius 3 is 2.54 bits per heavy atom. The van der Waals surface area contributed by atoms with E-state index >= 15 is 0 Å². The van der Waals surface area contributed by atoms with Gasteiger partial charge < -0.3 is 5.32 Å². The Bertz CT molecular complexity index is 906. The first kappa shape index (κ1) is 18.6. The number of hydrogen-bond donors (Lipinski definition) is 1. The number of carbonyl (C=O) groups is 1. The average Bonchev–Trinajstić information content (AvgIpc) is 3.40. The molecule has 28 heavy (non-hydrogen) atoms.